The molecule has 1 aliphatic heterocycles. The van der Waals surface area contributed by atoms with Gasteiger partial charge in [0.05, 0.1) is 0 Å². The maximum absolute atomic E-state index is 5.78. The van der Waals surface area contributed by atoms with Crippen LogP contribution in [0.2, 0.25) is 0 Å². The Kier molecular flexibility index (Phi) is 2.42. The van der Waals surface area contributed by atoms with Gasteiger partial charge in [0.15, 0.2) is 0 Å². The highest BCUT2D eigenvalue weighted by atomic mass is 32.2. The highest BCUT2D eigenvalue weighted by Crippen LogP contribution is 2.38. The number of hydrogen-bond donors (Lipinski definition) is 1. The van der Waals surface area contributed by atoms with Gasteiger partial charge in [-0.15, -0.1) is 0 Å². The van der Waals surface area contributed by atoms with Gasteiger partial charge in [0.2, 0.25) is 0 Å². The zero-order chi connectivity index (χ0) is 7.68. The standard InChI is InChI=1S/C9H17NS/c10-9-6-8(9)5-7-1-3-11-4-2-7/h7-9H,1-6,10H2. The molecule has 0 bridgehead atoms. The van der Waals surface area contributed by atoms with Crippen LogP contribution in [0.3, 0.4) is 0 Å². The van der Waals surface area contributed by atoms with E-state index >= 15 is 0 Å². The zero-order valence-electron chi connectivity index (χ0n) is 6.96. The van der Waals surface area contributed by atoms with Gasteiger partial charge in [0, 0.05) is 6.04 Å². The summed E-state index contributed by atoms with van der Waals surface area (Å²) >= 11 is 2.12. The third-order valence-corrected chi connectivity index (χ3v) is 4.00. The summed E-state index contributed by atoms with van der Waals surface area (Å²) in [6.45, 7) is 0. The van der Waals surface area contributed by atoms with Crippen LogP contribution in [-0.2, 0) is 0 Å². The van der Waals surface area contributed by atoms with Gasteiger partial charge in [-0.1, -0.05) is 0 Å². The van der Waals surface area contributed by atoms with E-state index in [-0.39, 0.29) is 0 Å². The second-order valence-corrected chi connectivity index (χ2v) is 5.18. The first-order valence-corrected chi connectivity index (χ1v) is 5.85. The van der Waals surface area contributed by atoms with Crippen molar-refractivity contribution < 1.29 is 0 Å². The van der Waals surface area contributed by atoms with Crippen molar-refractivity contribution in [2.75, 3.05) is 11.5 Å². The van der Waals surface area contributed by atoms with Gasteiger partial charge in [-0.3, -0.25) is 0 Å². The van der Waals surface area contributed by atoms with Crippen molar-refractivity contribution in [1.82, 2.24) is 0 Å². The maximum atomic E-state index is 5.78. The first-order valence-electron chi connectivity index (χ1n) is 4.69. The molecule has 0 amide bonds. The normalized spacial score (nSPS) is 39.0. The quantitative estimate of drug-likeness (QED) is 0.686. The molecule has 0 aromatic heterocycles. The van der Waals surface area contributed by atoms with Crippen molar-refractivity contribution in [2.24, 2.45) is 17.6 Å². The Hall–Kier alpha value is 0.310. The fourth-order valence-electron chi connectivity index (χ4n) is 1.95. The predicted molar refractivity (Wildman–Crippen MR) is 50.7 cm³/mol. The number of nitrogens with two attached hydrogens (primary N) is 1. The lowest BCUT2D eigenvalue weighted by Gasteiger charge is -2.20. The third kappa shape index (κ3) is 2.12. The average molecular weight is 171 g/mol. The molecule has 1 aliphatic carbocycles. The van der Waals surface area contributed by atoms with Crippen LogP contribution in [0.15, 0.2) is 0 Å². The molecular formula is C9H17NS. The fraction of sp³-hybridized carbons (Fsp3) is 1.00. The molecule has 2 rings (SSSR count). The Balaban J connectivity index is 1.68. The lowest BCUT2D eigenvalue weighted by molar-refractivity contribution is 0.423. The molecule has 1 saturated heterocycles. The summed E-state index contributed by atoms with van der Waals surface area (Å²) in [7, 11) is 0. The van der Waals surface area contributed by atoms with Crippen LogP contribution in [0.5, 0.6) is 0 Å². The number of rotatable bonds is 2. The van der Waals surface area contributed by atoms with E-state index in [0.717, 1.165) is 11.8 Å². The van der Waals surface area contributed by atoms with E-state index in [1.807, 2.05) is 0 Å². The summed E-state index contributed by atoms with van der Waals surface area (Å²) in [6.07, 6.45) is 5.65. The summed E-state index contributed by atoms with van der Waals surface area (Å²) < 4.78 is 0. The minimum absolute atomic E-state index is 0.574. The van der Waals surface area contributed by atoms with Crippen molar-refractivity contribution in [3.63, 3.8) is 0 Å². The molecular weight excluding hydrogens is 154 g/mol. The molecule has 2 aliphatic rings. The molecule has 2 atom stereocenters. The van der Waals surface area contributed by atoms with Gasteiger partial charge >= 0.3 is 0 Å². The molecule has 2 unspecified atom stereocenters. The van der Waals surface area contributed by atoms with Gasteiger partial charge in [-0.2, -0.15) is 11.8 Å². The minimum Gasteiger partial charge on any atom is -0.327 e. The maximum Gasteiger partial charge on any atom is 0.00710 e. The van der Waals surface area contributed by atoms with Crippen molar-refractivity contribution in [1.29, 1.82) is 0 Å². The molecule has 64 valence electrons. The summed E-state index contributed by atoms with van der Waals surface area (Å²) in [5, 5.41) is 0. The molecule has 0 spiro atoms. The smallest absolute Gasteiger partial charge is 0.00710 e. The van der Waals surface area contributed by atoms with Gasteiger partial charge in [-0.05, 0) is 49.0 Å². The molecule has 2 heteroatoms. The van der Waals surface area contributed by atoms with E-state index in [2.05, 4.69) is 11.8 Å². The first kappa shape index (κ1) is 7.93. The highest BCUT2D eigenvalue weighted by molar-refractivity contribution is 7.99. The van der Waals surface area contributed by atoms with Crippen LogP contribution < -0.4 is 5.73 Å². The van der Waals surface area contributed by atoms with Gasteiger partial charge < -0.3 is 5.73 Å². The van der Waals surface area contributed by atoms with Crippen LogP contribution in [0.1, 0.15) is 25.7 Å². The topological polar surface area (TPSA) is 26.0 Å². The predicted octanol–water partition coefficient (Wildman–Crippen LogP) is 1.87. The van der Waals surface area contributed by atoms with E-state index in [9.17, 15) is 0 Å². The van der Waals surface area contributed by atoms with E-state index in [0.29, 0.717) is 6.04 Å². The zero-order valence-corrected chi connectivity index (χ0v) is 7.78. The summed E-state index contributed by atoms with van der Waals surface area (Å²) in [4.78, 5) is 0. The fourth-order valence-corrected chi connectivity index (χ4v) is 3.16. The van der Waals surface area contributed by atoms with Crippen molar-refractivity contribution >= 4 is 11.8 Å². The molecule has 0 aromatic rings. The van der Waals surface area contributed by atoms with E-state index in [1.54, 1.807) is 0 Å². The average Bonchev–Trinajstić information content (AvgIpc) is 2.69. The summed E-state index contributed by atoms with van der Waals surface area (Å²) in [5.74, 6) is 4.72. The van der Waals surface area contributed by atoms with Gasteiger partial charge in [0.25, 0.3) is 0 Å². The number of thioether (sulfide) groups is 1. The Bertz CT molecular complexity index is 132. The van der Waals surface area contributed by atoms with E-state index < -0.39 is 0 Å². The highest BCUT2D eigenvalue weighted by Gasteiger charge is 2.35. The largest absolute Gasteiger partial charge is 0.327 e. The molecule has 1 heterocycles. The molecule has 0 aromatic carbocycles. The Labute approximate surface area is 73.1 Å². The van der Waals surface area contributed by atoms with Crippen LogP contribution in [0.4, 0.5) is 0 Å². The van der Waals surface area contributed by atoms with Crippen LogP contribution >= 0.6 is 11.8 Å². The lowest BCUT2D eigenvalue weighted by Crippen LogP contribution is -2.12. The SMILES string of the molecule is NC1CC1CC1CCSCC1. The monoisotopic (exact) mass is 171 g/mol. The van der Waals surface area contributed by atoms with E-state index in [1.165, 1.54) is 37.2 Å². The van der Waals surface area contributed by atoms with Crippen molar-refractivity contribution in [3.05, 3.63) is 0 Å². The Morgan fingerprint density at radius 3 is 2.45 bits per heavy atom. The summed E-state index contributed by atoms with van der Waals surface area (Å²) in [6, 6.07) is 0.574. The van der Waals surface area contributed by atoms with Gasteiger partial charge in [-0.25, -0.2) is 0 Å². The molecule has 11 heavy (non-hydrogen) atoms. The summed E-state index contributed by atoms with van der Waals surface area (Å²) in [5.41, 5.74) is 5.78. The molecule has 0 radical (unpaired) electrons. The molecule has 2 fully saturated rings. The second kappa shape index (κ2) is 3.36. The molecule has 1 nitrogen and oxygen atoms in total. The van der Waals surface area contributed by atoms with Crippen molar-refractivity contribution in [2.45, 2.75) is 31.7 Å². The Morgan fingerprint density at radius 2 is 1.91 bits per heavy atom. The lowest BCUT2D eigenvalue weighted by atomic mass is 9.96. The Morgan fingerprint density at radius 1 is 1.27 bits per heavy atom. The molecule has 2 N–H and O–H groups in total. The minimum atomic E-state index is 0.574. The van der Waals surface area contributed by atoms with Crippen LogP contribution in [0, 0.1) is 11.8 Å². The van der Waals surface area contributed by atoms with Crippen LogP contribution in [0.25, 0.3) is 0 Å². The first-order chi connectivity index (χ1) is 5.36. The van der Waals surface area contributed by atoms with Crippen LogP contribution in [-0.4, -0.2) is 17.5 Å². The molecule has 1 saturated carbocycles. The van der Waals surface area contributed by atoms with Crippen molar-refractivity contribution in [3.8, 4) is 0 Å². The second-order valence-electron chi connectivity index (χ2n) is 3.95. The van der Waals surface area contributed by atoms with Gasteiger partial charge in [0.1, 0.15) is 0 Å². The number of hydrogen-bond acceptors (Lipinski definition) is 2. The van der Waals surface area contributed by atoms with E-state index in [4.69, 9.17) is 5.73 Å². The third-order valence-electron chi connectivity index (χ3n) is 2.95.